The van der Waals surface area contributed by atoms with Gasteiger partial charge in [0.15, 0.2) is 0 Å². The number of aromatic nitrogens is 1. The summed E-state index contributed by atoms with van der Waals surface area (Å²) >= 11 is 13.4. The Balaban J connectivity index is 0.00000192. The Morgan fingerprint density at radius 2 is 2.09 bits per heavy atom. The summed E-state index contributed by atoms with van der Waals surface area (Å²) in [6.45, 7) is 0.865. The zero-order chi connectivity index (χ0) is 15.7. The molecule has 0 unspecified atom stereocenters. The van der Waals surface area contributed by atoms with Gasteiger partial charge in [-0.05, 0) is 30.5 Å². The number of benzene rings is 1. The highest BCUT2D eigenvalue weighted by Crippen LogP contribution is 2.31. The van der Waals surface area contributed by atoms with Gasteiger partial charge < -0.3 is 10.6 Å². The molecular weight excluding hydrogens is 377 g/mol. The van der Waals surface area contributed by atoms with Gasteiger partial charge in [-0.2, -0.15) is 0 Å². The second-order valence-electron chi connectivity index (χ2n) is 5.24. The number of nitrogens with two attached hydrogens (primary N) is 1. The van der Waals surface area contributed by atoms with Crippen molar-refractivity contribution in [2.24, 2.45) is 5.73 Å². The summed E-state index contributed by atoms with van der Waals surface area (Å²) in [6, 6.07) is 5.73. The zero-order valence-electron chi connectivity index (χ0n) is 12.2. The van der Waals surface area contributed by atoms with E-state index in [1.165, 1.54) is 11.3 Å². The number of halogens is 3. The molecule has 124 valence electrons. The Morgan fingerprint density at radius 3 is 2.65 bits per heavy atom. The van der Waals surface area contributed by atoms with Gasteiger partial charge in [0.1, 0.15) is 10.7 Å². The Kier molecular flexibility index (Phi) is 6.28. The molecule has 0 saturated heterocycles. The van der Waals surface area contributed by atoms with Gasteiger partial charge in [0, 0.05) is 24.5 Å². The van der Waals surface area contributed by atoms with Gasteiger partial charge in [-0.1, -0.05) is 29.3 Å². The fraction of sp³-hybridized carbons (Fsp3) is 0.333. The summed E-state index contributed by atoms with van der Waals surface area (Å²) in [7, 11) is 0. The Hall–Kier alpha value is -0.850. The van der Waals surface area contributed by atoms with E-state index in [-0.39, 0.29) is 24.4 Å². The van der Waals surface area contributed by atoms with Crippen LogP contribution in [0.2, 0.25) is 10.0 Å². The maximum absolute atomic E-state index is 12.7. The van der Waals surface area contributed by atoms with Gasteiger partial charge in [0.05, 0.1) is 10.0 Å². The first-order valence-corrected chi connectivity index (χ1v) is 8.61. The van der Waals surface area contributed by atoms with E-state index in [1.54, 1.807) is 17.5 Å². The van der Waals surface area contributed by atoms with Crippen LogP contribution in [0.1, 0.15) is 33.9 Å². The Morgan fingerprint density at radius 1 is 1.35 bits per heavy atom. The average molecular weight is 393 g/mol. The van der Waals surface area contributed by atoms with Crippen molar-refractivity contribution >= 4 is 52.9 Å². The van der Waals surface area contributed by atoms with Crippen LogP contribution in [0.15, 0.2) is 23.6 Å². The minimum atomic E-state index is -0.0514. The predicted molar refractivity (Wildman–Crippen MR) is 96.6 cm³/mol. The fourth-order valence-electron chi connectivity index (χ4n) is 2.24. The molecule has 1 aliphatic carbocycles. The molecule has 2 aromatic rings. The molecule has 0 atom stereocenters. The highest BCUT2D eigenvalue weighted by atomic mass is 35.5. The smallest absolute Gasteiger partial charge is 0.273 e. The molecule has 0 bridgehead atoms. The van der Waals surface area contributed by atoms with Crippen molar-refractivity contribution in [1.29, 1.82) is 0 Å². The van der Waals surface area contributed by atoms with Crippen molar-refractivity contribution in [2.75, 3.05) is 0 Å². The van der Waals surface area contributed by atoms with Crippen LogP contribution in [0, 0.1) is 0 Å². The van der Waals surface area contributed by atoms with Crippen molar-refractivity contribution in [1.82, 2.24) is 9.88 Å². The Labute approximate surface area is 155 Å². The van der Waals surface area contributed by atoms with Crippen LogP contribution in [0.25, 0.3) is 0 Å². The van der Waals surface area contributed by atoms with E-state index in [0.29, 0.717) is 28.8 Å². The van der Waals surface area contributed by atoms with Crippen molar-refractivity contribution in [3.63, 3.8) is 0 Å². The minimum Gasteiger partial charge on any atom is -0.330 e. The standard InChI is InChI=1S/C15H15Cl2N3OS.ClH/c16-11-4-1-9(5-12(11)17)7-20(10-2-3-10)15(21)13-8-22-14(6-18)19-13;/h1,4-5,8,10H,2-3,6-7,18H2;1H. The first kappa shape index (κ1) is 18.5. The van der Waals surface area contributed by atoms with E-state index in [2.05, 4.69) is 4.98 Å². The van der Waals surface area contributed by atoms with Gasteiger partial charge in [0.25, 0.3) is 5.91 Å². The van der Waals surface area contributed by atoms with Gasteiger partial charge in [-0.25, -0.2) is 4.98 Å². The highest BCUT2D eigenvalue weighted by molar-refractivity contribution is 7.09. The first-order valence-electron chi connectivity index (χ1n) is 6.98. The van der Waals surface area contributed by atoms with Gasteiger partial charge in [0.2, 0.25) is 0 Å². The molecule has 8 heteroatoms. The topological polar surface area (TPSA) is 59.2 Å². The summed E-state index contributed by atoms with van der Waals surface area (Å²) < 4.78 is 0. The monoisotopic (exact) mass is 391 g/mol. The van der Waals surface area contributed by atoms with Crippen molar-refractivity contribution in [3.8, 4) is 0 Å². The van der Waals surface area contributed by atoms with Crippen LogP contribution < -0.4 is 5.73 Å². The number of amides is 1. The van der Waals surface area contributed by atoms with E-state index < -0.39 is 0 Å². The third kappa shape index (κ3) is 4.37. The molecule has 1 aliphatic rings. The largest absolute Gasteiger partial charge is 0.330 e. The molecular formula is C15H16Cl3N3OS. The normalized spacial score (nSPS) is 13.5. The molecule has 0 spiro atoms. The molecule has 1 amide bonds. The lowest BCUT2D eigenvalue weighted by Gasteiger charge is -2.21. The van der Waals surface area contributed by atoms with E-state index in [4.69, 9.17) is 28.9 Å². The van der Waals surface area contributed by atoms with Crippen molar-refractivity contribution < 1.29 is 4.79 Å². The number of rotatable bonds is 5. The summed E-state index contributed by atoms with van der Waals surface area (Å²) in [5, 5.41) is 3.56. The van der Waals surface area contributed by atoms with E-state index >= 15 is 0 Å². The lowest BCUT2D eigenvalue weighted by atomic mass is 10.2. The van der Waals surface area contributed by atoms with Crippen LogP contribution in [-0.2, 0) is 13.1 Å². The molecule has 1 saturated carbocycles. The highest BCUT2D eigenvalue weighted by Gasteiger charge is 2.34. The minimum absolute atomic E-state index is 0. The average Bonchev–Trinajstić information content (AvgIpc) is 3.24. The molecule has 23 heavy (non-hydrogen) atoms. The number of hydrogen-bond donors (Lipinski definition) is 1. The summed E-state index contributed by atoms with van der Waals surface area (Å²) in [4.78, 5) is 18.8. The lowest BCUT2D eigenvalue weighted by molar-refractivity contribution is 0.0724. The Bertz CT molecular complexity index is 703. The molecule has 3 rings (SSSR count). The maximum Gasteiger partial charge on any atom is 0.273 e. The third-order valence-corrected chi connectivity index (χ3v) is 5.14. The summed E-state index contributed by atoms with van der Waals surface area (Å²) in [5.74, 6) is -0.0514. The number of thiazole rings is 1. The number of carbonyl (C=O) groups is 1. The van der Waals surface area contributed by atoms with Crippen molar-refractivity contribution in [3.05, 3.63) is 49.9 Å². The predicted octanol–water partition coefficient (Wildman–Crippen LogP) is 4.14. The second kappa shape index (κ2) is 7.81. The molecule has 1 aromatic heterocycles. The summed E-state index contributed by atoms with van der Waals surface area (Å²) in [6.07, 6.45) is 2.06. The maximum atomic E-state index is 12.7. The van der Waals surface area contributed by atoms with Crippen LogP contribution in [0.3, 0.4) is 0 Å². The lowest BCUT2D eigenvalue weighted by Crippen LogP contribution is -2.32. The van der Waals surface area contributed by atoms with E-state index in [1.807, 2.05) is 11.0 Å². The van der Waals surface area contributed by atoms with E-state index in [9.17, 15) is 4.79 Å². The van der Waals surface area contributed by atoms with Crippen LogP contribution in [-0.4, -0.2) is 21.8 Å². The number of hydrogen-bond acceptors (Lipinski definition) is 4. The molecule has 0 radical (unpaired) electrons. The molecule has 1 aromatic carbocycles. The van der Waals surface area contributed by atoms with E-state index in [0.717, 1.165) is 23.4 Å². The second-order valence-corrected chi connectivity index (χ2v) is 7.00. The van der Waals surface area contributed by atoms with Crippen LogP contribution in [0.4, 0.5) is 0 Å². The number of carbonyl (C=O) groups excluding carboxylic acids is 1. The fourth-order valence-corrected chi connectivity index (χ4v) is 3.21. The third-order valence-electron chi connectivity index (χ3n) is 3.53. The molecule has 2 N–H and O–H groups in total. The van der Waals surface area contributed by atoms with Crippen LogP contribution >= 0.6 is 46.9 Å². The zero-order valence-corrected chi connectivity index (χ0v) is 15.3. The SMILES string of the molecule is Cl.NCc1nc(C(=O)N(Cc2ccc(Cl)c(Cl)c2)C2CC2)cs1. The number of nitrogens with zero attached hydrogens (tertiary/aromatic N) is 2. The summed E-state index contributed by atoms with van der Waals surface area (Å²) in [5.41, 5.74) is 6.99. The van der Waals surface area contributed by atoms with Crippen LogP contribution in [0.5, 0.6) is 0 Å². The van der Waals surface area contributed by atoms with Crippen molar-refractivity contribution in [2.45, 2.75) is 32.0 Å². The molecule has 1 heterocycles. The van der Waals surface area contributed by atoms with Gasteiger partial charge >= 0.3 is 0 Å². The molecule has 0 aliphatic heterocycles. The van der Waals surface area contributed by atoms with Gasteiger partial charge in [-0.15, -0.1) is 23.7 Å². The molecule has 1 fully saturated rings. The quantitative estimate of drug-likeness (QED) is 0.832. The van der Waals surface area contributed by atoms with Gasteiger partial charge in [-0.3, -0.25) is 4.79 Å². The first-order chi connectivity index (χ1) is 10.6. The molecule has 4 nitrogen and oxygen atoms in total.